The molecule has 0 radical (unpaired) electrons. The lowest BCUT2D eigenvalue weighted by Crippen LogP contribution is -2.29. The molecule has 0 saturated carbocycles. The highest BCUT2D eigenvalue weighted by molar-refractivity contribution is 8.00. The third-order valence-electron chi connectivity index (χ3n) is 5.91. The highest BCUT2D eigenvalue weighted by Gasteiger charge is 2.48. The number of aliphatic hydroxyl groups is 1. The van der Waals surface area contributed by atoms with Crippen LogP contribution in [-0.2, 0) is 15.3 Å². The van der Waals surface area contributed by atoms with Crippen molar-refractivity contribution < 1.29 is 19.4 Å². The molecule has 5 rings (SSSR count). The maximum Gasteiger partial charge on any atom is 0.301 e. The van der Waals surface area contributed by atoms with Gasteiger partial charge in [0.2, 0.25) is 5.13 Å². The van der Waals surface area contributed by atoms with Gasteiger partial charge < -0.3 is 9.84 Å². The molecule has 2 aromatic carbocycles. The van der Waals surface area contributed by atoms with Crippen molar-refractivity contribution in [1.29, 1.82) is 0 Å². The van der Waals surface area contributed by atoms with Gasteiger partial charge in [0.05, 0.1) is 18.7 Å². The Morgan fingerprint density at radius 2 is 1.73 bits per heavy atom. The highest BCUT2D eigenvalue weighted by atomic mass is 32.2. The first-order chi connectivity index (χ1) is 18.0. The molecule has 37 heavy (non-hydrogen) atoms. The van der Waals surface area contributed by atoms with Crippen molar-refractivity contribution in [3.8, 4) is 5.75 Å². The molecule has 2 aromatic heterocycles. The number of anilines is 1. The molecule has 186 valence electrons. The summed E-state index contributed by atoms with van der Waals surface area (Å²) in [5.74, 6) is -0.526. The zero-order valence-electron chi connectivity index (χ0n) is 20.0. The van der Waals surface area contributed by atoms with Crippen molar-refractivity contribution in [1.82, 2.24) is 15.2 Å². The predicted molar refractivity (Wildman–Crippen MR) is 143 cm³/mol. The summed E-state index contributed by atoms with van der Waals surface area (Å²) in [6.45, 7) is 2.04. The largest absolute Gasteiger partial charge is 0.507 e. The Morgan fingerprint density at radius 3 is 2.41 bits per heavy atom. The second-order valence-corrected chi connectivity index (χ2v) is 10.5. The molecule has 1 fully saturated rings. The van der Waals surface area contributed by atoms with Gasteiger partial charge in [-0.2, -0.15) is 0 Å². The van der Waals surface area contributed by atoms with Gasteiger partial charge in [0.25, 0.3) is 5.78 Å². The zero-order valence-corrected chi connectivity index (χ0v) is 21.6. The molecule has 0 bridgehead atoms. The van der Waals surface area contributed by atoms with E-state index in [4.69, 9.17) is 4.74 Å². The van der Waals surface area contributed by atoms with Gasteiger partial charge in [-0.25, -0.2) is 0 Å². The fourth-order valence-corrected chi connectivity index (χ4v) is 5.81. The number of aryl methyl sites for hydroxylation is 1. The van der Waals surface area contributed by atoms with E-state index in [0.717, 1.165) is 5.56 Å². The van der Waals surface area contributed by atoms with Gasteiger partial charge in [-0.05, 0) is 42.3 Å². The summed E-state index contributed by atoms with van der Waals surface area (Å²) in [6.07, 6.45) is 3.02. The van der Waals surface area contributed by atoms with E-state index in [9.17, 15) is 14.7 Å². The normalized spacial score (nSPS) is 16.8. The standard InChI is InChI=1S/C27H22N4O4S2/c1-16-3-5-17(6-4-16)15-36-27-30-29-26(37-27)31-22(18-7-9-20(35-2)10-8-18)21(24(33)25(31)34)23(32)19-11-13-28-14-12-19/h3-14,22,32H,15H2,1-2H3. The third-order valence-corrected chi connectivity index (χ3v) is 8.04. The Morgan fingerprint density at radius 1 is 1.03 bits per heavy atom. The molecule has 1 amide bonds. The van der Waals surface area contributed by atoms with Crippen LogP contribution in [0.1, 0.15) is 28.3 Å². The quantitative estimate of drug-likeness (QED) is 0.115. The van der Waals surface area contributed by atoms with Gasteiger partial charge in [0.1, 0.15) is 11.5 Å². The monoisotopic (exact) mass is 530 g/mol. The van der Waals surface area contributed by atoms with E-state index in [0.29, 0.717) is 27.0 Å². The summed E-state index contributed by atoms with van der Waals surface area (Å²) >= 11 is 2.73. The number of carbonyl (C=O) groups excluding carboxylic acids is 2. The SMILES string of the molecule is COc1ccc(C2C(=C(O)c3ccncc3)C(=O)C(=O)N2c2nnc(SCc3ccc(C)cc3)s2)cc1. The number of hydrogen-bond donors (Lipinski definition) is 1. The topological polar surface area (TPSA) is 106 Å². The average molecular weight is 531 g/mol. The molecule has 1 saturated heterocycles. The first-order valence-corrected chi connectivity index (χ1v) is 13.1. The van der Waals surface area contributed by atoms with E-state index >= 15 is 0 Å². The number of pyridine rings is 1. The van der Waals surface area contributed by atoms with E-state index in [1.807, 2.05) is 6.92 Å². The van der Waals surface area contributed by atoms with E-state index < -0.39 is 17.7 Å². The number of thioether (sulfide) groups is 1. The fraction of sp³-hybridized carbons (Fsp3) is 0.148. The van der Waals surface area contributed by atoms with Crippen molar-refractivity contribution in [2.75, 3.05) is 12.0 Å². The minimum absolute atomic E-state index is 0.0228. The van der Waals surface area contributed by atoms with Crippen molar-refractivity contribution in [3.05, 3.63) is 101 Å². The van der Waals surface area contributed by atoms with E-state index in [1.165, 1.54) is 46.0 Å². The van der Waals surface area contributed by atoms with Gasteiger partial charge in [-0.15, -0.1) is 10.2 Å². The number of aliphatic hydroxyl groups excluding tert-OH is 1. The summed E-state index contributed by atoms with van der Waals surface area (Å²) in [5.41, 5.74) is 3.32. The second-order valence-electron chi connectivity index (χ2n) is 8.30. The van der Waals surface area contributed by atoms with Crippen molar-refractivity contribution >= 4 is 45.7 Å². The average Bonchev–Trinajstić information content (AvgIpc) is 3.50. The number of Topliss-reactive ketones (excluding diaryl/α,β-unsaturated/α-hetero) is 1. The maximum absolute atomic E-state index is 13.3. The van der Waals surface area contributed by atoms with Gasteiger partial charge in [-0.3, -0.25) is 19.5 Å². The number of rotatable bonds is 7. The van der Waals surface area contributed by atoms with Gasteiger partial charge in [0.15, 0.2) is 4.34 Å². The first kappa shape index (κ1) is 24.7. The van der Waals surface area contributed by atoms with Crippen LogP contribution >= 0.6 is 23.1 Å². The maximum atomic E-state index is 13.3. The van der Waals surface area contributed by atoms with Crippen LogP contribution in [0.2, 0.25) is 0 Å². The Labute approximate surface area is 221 Å². The lowest BCUT2D eigenvalue weighted by molar-refractivity contribution is -0.132. The molecule has 0 aliphatic carbocycles. The van der Waals surface area contributed by atoms with Crippen LogP contribution in [0, 0.1) is 6.92 Å². The number of benzene rings is 2. The van der Waals surface area contributed by atoms with Crippen LogP contribution in [0.15, 0.2) is 83.0 Å². The molecule has 1 atom stereocenters. The summed E-state index contributed by atoms with van der Waals surface area (Å²) < 4.78 is 5.93. The Bertz CT molecular complexity index is 1470. The number of amides is 1. The van der Waals surface area contributed by atoms with Gasteiger partial charge >= 0.3 is 5.91 Å². The second kappa shape index (κ2) is 10.5. The fourth-order valence-electron chi connectivity index (χ4n) is 3.98. The first-order valence-electron chi connectivity index (χ1n) is 11.3. The Hall–Kier alpha value is -4.02. The van der Waals surface area contributed by atoms with Crippen LogP contribution in [0.5, 0.6) is 5.75 Å². The minimum atomic E-state index is -0.887. The molecule has 8 nitrogen and oxygen atoms in total. The summed E-state index contributed by atoms with van der Waals surface area (Å²) in [5, 5.41) is 19.9. The van der Waals surface area contributed by atoms with Gasteiger partial charge in [0, 0.05) is 23.7 Å². The van der Waals surface area contributed by atoms with Crippen LogP contribution in [0.4, 0.5) is 5.13 Å². The lowest BCUT2D eigenvalue weighted by atomic mass is 9.95. The molecule has 1 aliphatic rings. The molecule has 1 aliphatic heterocycles. The predicted octanol–water partition coefficient (Wildman–Crippen LogP) is 5.17. The number of nitrogens with zero attached hydrogens (tertiary/aromatic N) is 4. The van der Waals surface area contributed by atoms with Crippen LogP contribution < -0.4 is 9.64 Å². The number of aromatic nitrogens is 3. The number of ketones is 1. The van der Waals surface area contributed by atoms with E-state index in [1.54, 1.807) is 43.5 Å². The molecule has 3 heterocycles. The Balaban J connectivity index is 1.52. The number of carbonyl (C=O) groups is 2. The molecule has 1 unspecified atom stereocenters. The molecular formula is C27H22N4O4S2. The molecule has 0 spiro atoms. The number of ether oxygens (including phenoxy) is 1. The molecule has 1 N–H and O–H groups in total. The van der Waals surface area contributed by atoms with E-state index in [-0.39, 0.29) is 16.5 Å². The van der Waals surface area contributed by atoms with Gasteiger partial charge in [-0.1, -0.05) is 65.1 Å². The molecular weight excluding hydrogens is 508 g/mol. The highest BCUT2D eigenvalue weighted by Crippen LogP contribution is 2.44. The van der Waals surface area contributed by atoms with Crippen molar-refractivity contribution in [2.24, 2.45) is 0 Å². The van der Waals surface area contributed by atoms with Crippen molar-refractivity contribution in [2.45, 2.75) is 23.1 Å². The molecule has 10 heteroatoms. The van der Waals surface area contributed by atoms with Crippen molar-refractivity contribution in [3.63, 3.8) is 0 Å². The number of hydrogen-bond acceptors (Lipinski definition) is 9. The Kier molecular flexibility index (Phi) is 7.02. The number of methoxy groups -OCH3 is 1. The summed E-state index contributed by atoms with van der Waals surface area (Å²) in [4.78, 5) is 31.8. The van der Waals surface area contributed by atoms with Crippen LogP contribution in [0.3, 0.4) is 0 Å². The zero-order chi connectivity index (χ0) is 25.9. The molecule has 4 aromatic rings. The lowest BCUT2D eigenvalue weighted by Gasteiger charge is -2.22. The smallest absolute Gasteiger partial charge is 0.301 e. The summed E-state index contributed by atoms with van der Waals surface area (Å²) in [7, 11) is 1.56. The van der Waals surface area contributed by atoms with E-state index in [2.05, 4.69) is 39.4 Å². The summed E-state index contributed by atoms with van der Waals surface area (Å²) in [6, 6.07) is 17.5. The van der Waals surface area contributed by atoms with Crippen LogP contribution in [-0.4, -0.2) is 39.1 Å². The van der Waals surface area contributed by atoms with Crippen LogP contribution in [0.25, 0.3) is 5.76 Å². The minimum Gasteiger partial charge on any atom is -0.507 e. The third kappa shape index (κ3) is 4.98.